The van der Waals surface area contributed by atoms with Crippen LogP contribution in [0.5, 0.6) is 0 Å². The van der Waals surface area contributed by atoms with E-state index in [-0.39, 0.29) is 25.5 Å². The topological polar surface area (TPSA) is 75.7 Å². The molecule has 2 aromatic rings. The minimum atomic E-state index is -0.578. The second kappa shape index (κ2) is 9.77. The fourth-order valence-electron chi connectivity index (χ4n) is 3.78. The van der Waals surface area contributed by atoms with Crippen molar-refractivity contribution in [2.45, 2.75) is 46.5 Å². The summed E-state index contributed by atoms with van der Waals surface area (Å²) >= 11 is 0. The molecule has 0 bridgehead atoms. The third kappa shape index (κ3) is 5.32. The number of ether oxygens (including phenoxy) is 1. The summed E-state index contributed by atoms with van der Waals surface area (Å²) in [4.78, 5) is 39.1. The molecule has 1 N–H and O–H groups in total. The second-order valence-electron chi connectivity index (χ2n) is 8.25. The minimum absolute atomic E-state index is 0.0896. The van der Waals surface area contributed by atoms with Gasteiger partial charge in [0, 0.05) is 24.3 Å². The number of aryl methyl sites for hydroxylation is 2. The zero-order valence-corrected chi connectivity index (χ0v) is 18.6. The molecule has 2 atom stereocenters. The average molecular weight is 423 g/mol. The molecule has 1 saturated heterocycles. The van der Waals surface area contributed by atoms with Gasteiger partial charge in [-0.05, 0) is 55.0 Å². The fraction of sp³-hybridized carbons (Fsp3) is 0.400. The molecule has 3 rings (SSSR count). The lowest BCUT2D eigenvalue weighted by atomic mass is 9.96. The van der Waals surface area contributed by atoms with Crippen molar-refractivity contribution in [2.75, 3.05) is 23.4 Å². The molecule has 0 aliphatic carbocycles. The van der Waals surface area contributed by atoms with Gasteiger partial charge >= 0.3 is 5.97 Å². The van der Waals surface area contributed by atoms with Crippen LogP contribution in [0, 0.1) is 19.8 Å². The van der Waals surface area contributed by atoms with Crippen molar-refractivity contribution in [1.29, 1.82) is 0 Å². The highest BCUT2D eigenvalue weighted by atomic mass is 16.5. The molecule has 2 amide bonds. The molecule has 1 aliphatic rings. The first-order valence-corrected chi connectivity index (χ1v) is 10.7. The van der Waals surface area contributed by atoms with Crippen molar-refractivity contribution >= 4 is 29.2 Å². The Labute approximate surface area is 183 Å². The number of nitrogens with zero attached hydrogens (tertiary/aromatic N) is 1. The lowest BCUT2D eigenvalue weighted by molar-refractivity contribution is -0.151. The summed E-state index contributed by atoms with van der Waals surface area (Å²) in [5.74, 6) is -1.29. The van der Waals surface area contributed by atoms with Gasteiger partial charge < -0.3 is 15.0 Å². The van der Waals surface area contributed by atoms with Gasteiger partial charge in [-0.3, -0.25) is 14.4 Å². The zero-order chi connectivity index (χ0) is 22.5. The predicted octanol–water partition coefficient (Wildman–Crippen LogP) is 4.35. The molecule has 0 unspecified atom stereocenters. The van der Waals surface area contributed by atoms with E-state index in [0.29, 0.717) is 11.6 Å². The van der Waals surface area contributed by atoms with Crippen molar-refractivity contribution in [3.8, 4) is 0 Å². The first-order valence-electron chi connectivity index (χ1n) is 10.7. The largest absolute Gasteiger partial charge is 0.455 e. The number of carbonyl (C=O) groups excluding carboxylic acids is 3. The summed E-state index contributed by atoms with van der Waals surface area (Å²) in [6.45, 7) is 7.97. The van der Waals surface area contributed by atoms with E-state index in [4.69, 9.17) is 4.74 Å². The normalized spacial score (nSPS) is 16.8. The highest BCUT2D eigenvalue weighted by molar-refractivity contribution is 6.00. The Morgan fingerprint density at radius 3 is 2.68 bits per heavy atom. The molecule has 1 aliphatic heterocycles. The molecule has 2 aromatic carbocycles. The smallest absolute Gasteiger partial charge is 0.311 e. The van der Waals surface area contributed by atoms with E-state index < -0.39 is 17.8 Å². The van der Waals surface area contributed by atoms with Crippen LogP contribution in [0.1, 0.15) is 49.3 Å². The Bertz CT molecular complexity index is 985. The number of carbonyl (C=O) groups is 3. The van der Waals surface area contributed by atoms with Crippen LogP contribution >= 0.6 is 0 Å². The third-order valence-corrected chi connectivity index (χ3v) is 5.84. The summed E-state index contributed by atoms with van der Waals surface area (Å²) in [6, 6.07) is 13.6. The molecular weight excluding hydrogens is 392 g/mol. The number of nitrogens with one attached hydrogen (secondary N) is 1. The quantitative estimate of drug-likeness (QED) is 0.673. The number of esters is 1. The lowest BCUT2D eigenvalue weighted by Crippen LogP contribution is -2.29. The average Bonchev–Trinajstić information content (AvgIpc) is 3.15. The molecular formula is C25H30N2O4. The minimum Gasteiger partial charge on any atom is -0.455 e. The first kappa shape index (κ1) is 22.5. The maximum Gasteiger partial charge on any atom is 0.311 e. The Hall–Kier alpha value is -3.15. The first-order chi connectivity index (χ1) is 14.8. The van der Waals surface area contributed by atoms with Crippen LogP contribution in [0.15, 0.2) is 42.5 Å². The summed E-state index contributed by atoms with van der Waals surface area (Å²) in [6.07, 6.45) is 1.05. The number of hydrogen-bond acceptors (Lipinski definition) is 4. The molecule has 0 saturated carbocycles. The lowest BCUT2D eigenvalue weighted by Gasteiger charge is -2.23. The summed E-state index contributed by atoms with van der Waals surface area (Å²) in [5, 5.41) is 2.77. The van der Waals surface area contributed by atoms with Gasteiger partial charge in [-0.15, -0.1) is 0 Å². The number of amides is 2. The highest BCUT2D eigenvalue weighted by Gasteiger charge is 2.37. The molecule has 0 radical (unpaired) electrons. The Balaban J connectivity index is 1.60. The second-order valence-corrected chi connectivity index (χ2v) is 8.25. The molecule has 164 valence electrons. The Morgan fingerprint density at radius 1 is 1.19 bits per heavy atom. The van der Waals surface area contributed by atoms with E-state index in [9.17, 15) is 14.4 Å². The van der Waals surface area contributed by atoms with E-state index in [1.54, 1.807) is 4.90 Å². The SMILES string of the molecule is CC[C@H](C)c1ccccc1N1C[C@H](C(=O)OCC(=O)Nc2cc(C)ccc2C)CC1=O. The van der Waals surface area contributed by atoms with Gasteiger partial charge in [-0.1, -0.05) is 44.2 Å². The number of anilines is 2. The van der Waals surface area contributed by atoms with Crippen molar-refractivity contribution in [3.63, 3.8) is 0 Å². The van der Waals surface area contributed by atoms with Gasteiger partial charge in [0.25, 0.3) is 5.91 Å². The summed E-state index contributed by atoms with van der Waals surface area (Å²) < 4.78 is 5.23. The van der Waals surface area contributed by atoms with Gasteiger partial charge in [0.1, 0.15) is 0 Å². The van der Waals surface area contributed by atoms with E-state index in [0.717, 1.165) is 28.8 Å². The van der Waals surface area contributed by atoms with Crippen molar-refractivity contribution in [2.24, 2.45) is 5.92 Å². The van der Waals surface area contributed by atoms with Crippen molar-refractivity contribution in [3.05, 3.63) is 59.2 Å². The van der Waals surface area contributed by atoms with Crippen LogP contribution < -0.4 is 10.2 Å². The van der Waals surface area contributed by atoms with Gasteiger partial charge in [-0.25, -0.2) is 0 Å². The molecule has 1 heterocycles. The van der Waals surface area contributed by atoms with Crippen LogP contribution in [-0.2, 0) is 19.1 Å². The van der Waals surface area contributed by atoms with E-state index in [2.05, 4.69) is 19.2 Å². The molecule has 1 fully saturated rings. The van der Waals surface area contributed by atoms with Gasteiger partial charge in [0.2, 0.25) is 5.91 Å². The fourth-order valence-corrected chi connectivity index (χ4v) is 3.78. The van der Waals surface area contributed by atoms with Crippen molar-refractivity contribution in [1.82, 2.24) is 0 Å². The molecule has 6 nitrogen and oxygen atoms in total. The van der Waals surface area contributed by atoms with Crippen LogP contribution in [0.3, 0.4) is 0 Å². The van der Waals surface area contributed by atoms with E-state index in [1.165, 1.54) is 0 Å². The van der Waals surface area contributed by atoms with E-state index >= 15 is 0 Å². The number of hydrogen-bond donors (Lipinski definition) is 1. The molecule has 31 heavy (non-hydrogen) atoms. The Morgan fingerprint density at radius 2 is 1.94 bits per heavy atom. The maximum absolute atomic E-state index is 12.6. The maximum atomic E-state index is 12.6. The summed E-state index contributed by atoms with van der Waals surface area (Å²) in [7, 11) is 0. The van der Waals surface area contributed by atoms with Gasteiger partial charge in [0.05, 0.1) is 5.92 Å². The third-order valence-electron chi connectivity index (χ3n) is 5.84. The van der Waals surface area contributed by atoms with Crippen LogP contribution in [-0.4, -0.2) is 30.9 Å². The molecule has 0 aromatic heterocycles. The number of rotatable bonds is 7. The highest BCUT2D eigenvalue weighted by Crippen LogP contribution is 2.33. The summed E-state index contributed by atoms with van der Waals surface area (Å²) in [5.41, 5.74) is 4.61. The standard InChI is InChI=1S/C25H30N2O4/c1-5-17(3)20-8-6-7-9-22(20)27-14-19(13-24(27)29)25(30)31-15-23(28)26-21-12-16(2)10-11-18(21)4/h6-12,17,19H,5,13-15H2,1-4H3,(H,26,28)/t17-,19+/m0/s1. The molecule has 0 spiro atoms. The van der Waals surface area contributed by atoms with Crippen LogP contribution in [0.25, 0.3) is 0 Å². The number of benzene rings is 2. The van der Waals surface area contributed by atoms with E-state index in [1.807, 2.05) is 56.3 Å². The predicted molar refractivity (Wildman–Crippen MR) is 121 cm³/mol. The zero-order valence-electron chi connectivity index (χ0n) is 18.6. The Kier molecular flexibility index (Phi) is 7.10. The molecule has 6 heteroatoms. The number of para-hydroxylation sites is 1. The monoisotopic (exact) mass is 422 g/mol. The van der Waals surface area contributed by atoms with Gasteiger partial charge in [-0.2, -0.15) is 0 Å². The van der Waals surface area contributed by atoms with Crippen LogP contribution in [0.2, 0.25) is 0 Å². The van der Waals surface area contributed by atoms with Crippen molar-refractivity contribution < 1.29 is 19.1 Å². The van der Waals surface area contributed by atoms with Crippen LogP contribution in [0.4, 0.5) is 11.4 Å². The van der Waals surface area contributed by atoms with Gasteiger partial charge in [0.15, 0.2) is 6.61 Å².